The third kappa shape index (κ3) is 3.64. The van der Waals surface area contributed by atoms with Crippen molar-refractivity contribution in [1.29, 1.82) is 0 Å². The van der Waals surface area contributed by atoms with Gasteiger partial charge in [-0.3, -0.25) is 4.79 Å². The lowest BCUT2D eigenvalue weighted by molar-refractivity contribution is 0.102. The van der Waals surface area contributed by atoms with Crippen molar-refractivity contribution in [1.82, 2.24) is 19.8 Å². The summed E-state index contributed by atoms with van der Waals surface area (Å²) in [6, 6.07) is 12.9. The molecule has 1 N–H and O–H groups in total. The Bertz CT molecular complexity index is 1280. The van der Waals surface area contributed by atoms with E-state index in [-0.39, 0.29) is 11.6 Å². The fourth-order valence-corrected chi connectivity index (χ4v) is 3.68. The molecule has 0 atom stereocenters. The van der Waals surface area contributed by atoms with Crippen molar-refractivity contribution in [2.45, 2.75) is 27.2 Å². The first-order valence-corrected chi connectivity index (χ1v) is 10.2. The van der Waals surface area contributed by atoms with Gasteiger partial charge in [-0.2, -0.15) is 5.10 Å². The molecule has 4 rings (SSSR count). The van der Waals surface area contributed by atoms with Gasteiger partial charge in [-0.15, -0.1) is 10.2 Å². The molecule has 0 saturated carbocycles. The number of aryl methyl sites for hydroxylation is 3. The van der Waals surface area contributed by atoms with E-state index in [1.807, 2.05) is 44.2 Å². The second-order valence-electron chi connectivity index (χ2n) is 6.97. The molecule has 0 aliphatic rings. The molecule has 8 heteroatoms. The van der Waals surface area contributed by atoms with Crippen LogP contribution in [0.1, 0.15) is 34.4 Å². The number of fused-ring (bicyclic) bond motifs is 1. The summed E-state index contributed by atoms with van der Waals surface area (Å²) in [5.41, 5.74) is 5.54. The van der Waals surface area contributed by atoms with E-state index in [9.17, 15) is 4.79 Å². The number of halogens is 2. The van der Waals surface area contributed by atoms with Gasteiger partial charge in [0.1, 0.15) is 0 Å². The van der Waals surface area contributed by atoms with Gasteiger partial charge < -0.3 is 5.32 Å². The van der Waals surface area contributed by atoms with Gasteiger partial charge in [-0.05, 0) is 55.7 Å². The summed E-state index contributed by atoms with van der Waals surface area (Å²) >= 11 is 12.3. The highest BCUT2D eigenvalue weighted by Gasteiger charge is 2.21. The third-order valence-electron chi connectivity index (χ3n) is 4.93. The molecule has 6 nitrogen and oxygen atoms in total. The van der Waals surface area contributed by atoms with E-state index in [1.54, 1.807) is 23.6 Å². The zero-order valence-electron chi connectivity index (χ0n) is 16.7. The Morgan fingerprint density at radius 1 is 1.10 bits per heavy atom. The van der Waals surface area contributed by atoms with E-state index in [0.29, 0.717) is 33.5 Å². The molecule has 4 aromatic rings. The van der Waals surface area contributed by atoms with Gasteiger partial charge in [0.2, 0.25) is 0 Å². The molecule has 0 spiro atoms. The van der Waals surface area contributed by atoms with E-state index in [4.69, 9.17) is 23.2 Å². The van der Waals surface area contributed by atoms with Crippen molar-refractivity contribution in [2.75, 3.05) is 5.32 Å². The second kappa shape index (κ2) is 8.05. The normalized spacial score (nSPS) is 11.1. The number of rotatable bonds is 4. The first-order chi connectivity index (χ1) is 14.4. The van der Waals surface area contributed by atoms with Crippen LogP contribution in [0.25, 0.3) is 16.8 Å². The van der Waals surface area contributed by atoms with Crippen LogP contribution in [0.15, 0.2) is 42.5 Å². The van der Waals surface area contributed by atoms with E-state index >= 15 is 0 Å². The molecule has 2 heterocycles. The maximum atomic E-state index is 12.8. The number of carbonyl (C=O) groups excluding carboxylic acids is 1. The Balaban J connectivity index is 1.77. The van der Waals surface area contributed by atoms with Crippen LogP contribution in [0, 0.1) is 13.8 Å². The summed E-state index contributed by atoms with van der Waals surface area (Å²) in [6.07, 6.45) is 0.702. The summed E-state index contributed by atoms with van der Waals surface area (Å²) in [7, 11) is 0. The molecular weight excluding hydrogens is 421 g/mol. The van der Waals surface area contributed by atoms with Crippen LogP contribution in [0.4, 0.5) is 5.69 Å². The minimum Gasteiger partial charge on any atom is -0.320 e. The monoisotopic (exact) mass is 439 g/mol. The number of hydrogen-bond donors (Lipinski definition) is 1. The van der Waals surface area contributed by atoms with Crippen molar-refractivity contribution in [3.8, 4) is 11.1 Å². The summed E-state index contributed by atoms with van der Waals surface area (Å²) in [6.45, 7) is 5.72. The molecule has 0 aliphatic carbocycles. The van der Waals surface area contributed by atoms with Gasteiger partial charge in [0.25, 0.3) is 5.91 Å². The Labute approximate surface area is 183 Å². The van der Waals surface area contributed by atoms with Gasteiger partial charge in [-0.1, -0.05) is 48.3 Å². The first-order valence-electron chi connectivity index (χ1n) is 9.47. The Morgan fingerprint density at radius 2 is 1.90 bits per heavy atom. The Kier molecular flexibility index (Phi) is 5.45. The van der Waals surface area contributed by atoms with Crippen LogP contribution in [-0.2, 0) is 6.42 Å². The maximum Gasteiger partial charge on any atom is 0.278 e. The van der Waals surface area contributed by atoms with Gasteiger partial charge in [0.05, 0.1) is 17.0 Å². The molecule has 0 bridgehead atoms. The number of nitrogens with one attached hydrogen (secondary N) is 1. The molecule has 2 aromatic carbocycles. The van der Waals surface area contributed by atoms with E-state index in [1.165, 1.54) is 0 Å². The molecule has 0 aliphatic heterocycles. The number of hydrogen-bond acceptors (Lipinski definition) is 4. The van der Waals surface area contributed by atoms with E-state index in [2.05, 4.69) is 20.6 Å². The van der Waals surface area contributed by atoms with Crippen molar-refractivity contribution in [2.24, 2.45) is 0 Å². The average molecular weight is 440 g/mol. The molecule has 0 saturated heterocycles. The number of amides is 1. The zero-order valence-corrected chi connectivity index (χ0v) is 18.2. The predicted molar refractivity (Wildman–Crippen MR) is 119 cm³/mol. The van der Waals surface area contributed by atoms with Crippen molar-refractivity contribution >= 4 is 40.4 Å². The fraction of sp³-hybridized carbons (Fsp3) is 0.182. The lowest BCUT2D eigenvalue weighted by atomic mass is 10.0. The average Bonchev–Trinajstić information content (AvgIpc) is 3.10. The highest BCUT2D eigenvalue weighted by molar-refractivity contribution is 6.31. The lowest BCUT2D eigenvalue weighted by Gasteiger charge is -2.09. The molecule has 152 valence electrons. The minimum atomic E-state index is -0.375. The Hall–Kier alpha value is -2.96. The summed E-state index contributed by atoms with van der Waals surface area (Å²) in [4.78, 5) is 12.8. The summed E-state index contributed by atoms with van der Waals surface area (Å²) in [5, 5.41) is 17.3. The maximum absolute atomic E-state index is 12.8. The SMILES string of the molecule is CCc1nn2c(C)c(C(=O)Nc3ccc(C)c(Cl)c3)nnc2c1-c1cccc(Cl)c1. The number of nitrogens with zero attached hydrogens (tertiary/aromatic N) is 4. The van der Waals surface area contributed by atoms with Crippen molar-refractivity contribution < 1.29 is 4.79 Å². The lowest BCUT2D eigenvalue weighted by Crippen LogP contribution is -2.18. The van der Waals surface area contributed by atoms with Gasteiger partial charge in [0.15, 0.2) is 11.3 Å². The van der Waals surface area contributed by atoms with Crippen molar-refractivity contribution in [3.05, 3.63) is 75.2 Å². The fourth-order valence-electron chi connectivity index (χ4n) is 3.31. The van der Waals surface area contributed by atoms with Crippen LogP contribution in [0.5, 0.6) is 0 Å². The molecule has 30 heavy (non-hydrogen) atoms. The molecule has 0 fully saturated rings. The standard InChI is InChI=1S/C22H19Cl2N5O/c1-4-18-19(14-6-5-7-15(23)10-14)21-27-26-20(13(3)29(21)28-18)22(30)25-16-9-8-12(2)17(24)11-16/h5-11H,4H2,1-3H3,(H,25,30). The van der Waals surface area contributed by atoms with Gasteiger partial charge >= 0.3 is 0 Å². The highest BCUT2D eigenvalue weighted by Crippen LogP contribution is 2.30. The smallest absolute Gasteiger partial charge is 0.278 e. The molecular formula is C22H19Cl2N5O. The third-order valence-corrected chi connectivity index (χ3v) is 5.57. The molecule has 0 radical (unpaired) electrons. The second-order valence-corrected chi connectivity index (χ2v) is 7.82. The molecule has 0 unspecified atom stereocenters. The van der Waals surface area contributed by atoms with Gasteiger partial charge in [-0.25, -0.2) is 4.52 Å². The number of aromatic nitrogens is 4. The summed E-state index contributed by atoms with van der Waals surface area (Å²) < 4.78 is 1.67. The number of benzene rings is 2. The van der Waals surface area contributed by atoms with Crippen LogP contribution in [0.2, 0.25) is 10.0 Å². The van der Waals surface area contributed by atoms with Crippen LogP contribution >= 0.6 is 23.2 Å². The highest BCUT2D eigenvalue weighted by atomic mass is 35.5. The first kappa shape index (κ1) is 20.3. The van der Waals surface area contributed by atoms with Crippen LogP contribution in [0.3, 0.4) is 0 Å². The van der Waals surface area contributed by atoms with Crippen molar-refractivity contribution in [3.63, 3.8) is 0 Å². The Morgan fingerprint density at radius 3 is 2.60 bits per heavy atom. The minimum absolute atomic E-state index is 0.196. The van der Waals surface area contributed by atoms with E-state index in [0.717, 1.165) is 22.4 Å². The quantitative estimate of drug-likeness (QED) is 0.453. The number of carbonyl (C=O) groups is 1. The number of anilines is 1. The molecule has 1 amide bonds. The topological polar surface area (TPSA) is 72.2 Å². The largest absolute Gasteiger partial charge is 0.320 e. The molecule has 2 aromatic heterocycles. The van der Waals surface area contributed by atoms with Crippen LogP contribution in [-0.4, -0.2) is 25.7 Å². The zero-order chi connectivity index (χ0) is 21.4. The van der Waals surface area contributed by atoms with Crippen LogP contribution < -0.4 is 5.32 Å². The van der Waals surface area contributed by atoms with Gasteiger partial charge in [0, 0.05) is 15.7 Å². The summed E-state index contributed by atoms with van der Waals surface area (Å²) in [5.74, 6) is -0.375. The van der Waals surface area contributed by atoms with E-state index < -0.39 is 0 Å². The predicted octanol–water partition coefficient (Wildman–Crippen LogP) is 5.53.